The highest BCUT2D eigenvalue weighted by Crippen LogP contribution is 2.42. The molecule has 0 aromatic heterocycles. The van der Waals surface area contributed by atoms with Crippen molar-refractivity contribution in [1.29, 1.82) is 0 Å². The van der Waals surface area contributed by atoms with Crippen molar-refractivity contribution < 1.29 is 9.13 Å². The number of guanidine groups is 2. The second kappa shape index (κ2) is 5.47. The van der Waals surface area contributed by atoms with Crippen LogP contribution in [0, 0.1) is 5.82 Å². The van der Waals surface area contributed by atoms with Gasteiger partial charge in [-0.15, -0.1) is 0 Å². The molecule has 7 heteroatoms. The molecule has 4 N–H and O–H groups in total. The fourth-order valence-corrected chi connectivity index (χ4v) is 3.31. The Morgan fingerprint density at radius 1 is 1.23 bits per heavy atom. The van der Waals surface area contributed by atoms with E-state index in [0.717, 1.165) is 32.1 Å². The normalized spacial score (nSPS) is 20.5. The van der Waals surface area contributed by atoms with Gasteiger partial charge in [-0.25, -0.2) is 9.38 Å². The largest absolute Gasteiger partial charge is 0.495 e. The van der Waals surface area contributed by atoms with E-state index in [9.17, 15) is 4.39 Å². The van der Waals surface area contributed by atoms with Crippen LogP contribution in [0.15, 0.2) is 28.2 Å². The fraction of sp³-hybridized carbons (Fsp3) is 0.467. The van der Waals surface area contributed by atoms with Crippen LogP contribution >= 0.6 is 0 Å². The standard InChI is InChI=1S/C15H20FN5O/c1-22-12-6-5-10(16)9-11(12)21-14(18)19-13(17)20-15(21)7-3-2-4-8-15/h5-6,9H,2-4,7-8H2,1H3,(H4,17,18,19,20). The van der Waals surface area contributed by atoms with E-state index in [4.69, 9.17) is 16.2 Å². The first kappa shape index (κ1) is 14.6. The molecule has 0 unspecified atom stereocenters. The molecule has 1 heterocycles. The molecule has 6 nitrogen and oxygen atoms in total. The zero-order chi connectivity index (χ0) is 15.7. The highest BCUT2D eigenvalue weighted by Gasteiger charge is 2.43. The van der Waals surface area contributed by atoms with Gasteiger partial charge in [0.1, 0.15) is 17.2 Å². The Hall–Kier alpha value is -2.31. The van der Waals surface area contributed by atoms with Gasteiger partial charge in [0, 0.05) is 6.07 Å². The van der Waals surface area contributed by atoms with Crippen molar-refractivity contribution in [1.82, 2.24) is 0 Å². The van der Waals surface area contributed by atoms with E-state index in [2.05, 4.69) is 9.98 Å². The Kier molecular flexibility index (Phi) is 3.64. The maximum Gasteiger partial charge on any atom is 0.220 e. The molecule has 1 aliphatic carbocycles. The van der Waals surface area contributed by atoms with E-state index < -0.39 is 5.66 Å². The summed E-state index contributed by atoms with van der Waals surface area (Å²) < 4.78 is 19.1. The Balaban J connectivity index is 2.14. The van der Waals surface area contributed by atoms with Crippen LogP contribution < -0.4 is 21.1 Å². The van der Waals surface area contributed by atoms with Gasteiger partial charge in [-0.1, -0.05) is 6.42 Å². The van der Waals surface area contributed by atoms with E-state index >= 15 is 0 Å². The third kappa shape index (κ3) is 2.36. The van der Waals surface area contributed by atoms with E-state index in [1.165, 1.54) is 12.1 Å². The van der Waals surface area contributed by atoms with Crippen molar-refractivity contribution in [2.75, 3.05) is 12.0 Å². The minimum Gasteiger partial charge on any atom is -0.495 e. The molecule has 1 aromatic rings. The number of nitrogens with two attached hydrogens (primary N) is 2. The van der Waals surface area contributed by atoms with Crippen molar-refractivity contribution in [3.05, 3.63) is 24.0 Å². The second-order valence-electron chi connectivity index (χ2n) is 5.63. The predicted octanol–water partition coefficient (Wildman–Crippen LogP) is 1.94. The molecule has 0 saturated heterocycles. The zero-order valence-corrected chi connectivity index (χ0v) is 12.6. The average molecular weight is 305 g/mol. The van der Waals surface area contributed by atoms with E-state index in [0.29, 0.717) is 11.4 Å². The van der Waals surface area contributed by atoms with Crippen molar-refractivity contribution in [2.24, 2.45) is 21.5 Å². The van der Waals surface area contributed by atoms with Gasteiger partial charge in [0.25, 0.3) is 0 Å². The number of halogens is 1. The van der Waals surface area contributed by atoms with Gasteiger partial charge in [-0.05, 0) is 37.8 Å². The topological polar surface area (TPSA) is 89.2 Å². The number of rotatable bonds is 2. The summed E-state index contributed by atoms with van der Waals surface area (Å²) in [4.78, 5) is 10.4. The fourth-order valence-electron chi connectivity index (χ4n) is 3.31. The summed E-state index contributed by atoms with van der Waals surface area (Å²) >= 11 is 0. The van der Waals surface area contributed by atoms with E-state index in [-0.39, 0.29) is 17.7 Å². The molecule has 0 radical (unpaired) electrons. The summed E-state index contributed by atoms with van der Waals surface area (Å²) in [6, 6.07) is 4.33. The van der Waals surface area contributed by atoms with E-state index in [1.807, 2.05) is 0 Å². The summed E-state index contributed by atoms with van der Waals surface area (Å²) in [5.41, 5.74) is 11.9. The maximum atomic E-state index is 13.8. The van der Waals surface area contributed by atoms with Gasteiger partial charge in [-0.2, -0.15) is 4.99 Å². The lowest BCUT2D eigenvalue weighted by Gasteiger charge is -2.45. The molecule has 0 amide bonds. The van der Waals surface area contributed by atoms with Gasteiger partial charge in [0.2, 0.25) is 11.9 Å². The first-order chi connectivity index (χ1) is 10.6. The minimum atomic E-state index is -0.602. The number of ether oxygens (including phenoxy) is 1. The van der Waals surface area contributed by atoms with Crippen LogP contribution in [0.1, 0.15) is 32.1 Å². The minimum absolute atomic E-state index is 0.172. The second-order valence-corrected chi connectivity index (χ2v) is 5.63. The lowest BCUT2D eigenvalue weighted by molar-refractivity contribution is 0.302. The average Bonchev–Trinajstić information content (AvgIpc) is 2.47. The van der Waals surface area contributed by atoms with Crippen molar-refractivity contribution >= 4 is 17.6 Å². The monoisotopic (exact) mass is 305 g/mol. The summed E-state index contributed by atoms with van der Waals surface area (Å²) in [7, 11) is 1.54. The van der Waals surface area contributed by atoms with Crippen LogP contribution in [0.3, 0.4) is 0 Å². The zero-order valence-electron chi connectivity index (χ0n) is 12.6. The Bertz CT molecular complexity index is 637. The first-order valence-corrected chi connectivity index (χ1v) is 7.39. The van der Waals surface area contributed by atoms with Crippen molar-refractivity contribution in [2.45, 2.75) is 37.8 Å². The van der Waals surface area contributed by atoms with Crippen LogP contribution in [0.25, 0.3) is 0 Å². The molecule has 1 saturated carbocycles. The molecular formula is C15H20FN5O. The molecule has 3 rings (SSSR count). The maximum absolute atomic E-state index is 13.8. The number of hydrogen-bond acceptors (Lipinski definition) is 6. The summed E-state index contributed by atoms with van der Waals surface area (Å²) in [6.45, 7) is 0. The Morgan fingerprint density at radius 3 is 2.64 bits per heavy atom. The molecule has 1 aromatic carbocycles. The van der Waals surface area contributed by atoms with E-state index in [1.54, 1.807) is 18.1 Å². The molecule has 0 bridgehead atoms. The molecule has 1 spiro atoms. The highest BCUT2D eigenvalue weighted by molar-refractivity contribution is 6.06. The number of hydrogen-bond donors (Lipinski definition) is 2. The molecule has 2 aliphatic rings. The van der Waals surface area contributed by atoms with Gasteiger partial charge in [0.05, 0.1) is 12.8 Å². The van der Waals surface area contributed by atoms with Crippen LogP contribution in [0.4, 0.5) is 10.1 Å². The summed E-state index contributed by atoms with van der Waals surface area (Å²) in [5.74, 6) is 0.557. The van der Waals surface area contributed by atoms with Gasteiger partial charge < -0.3 is 16.2 Å². The van der Waals surface area contributed by atoms with Gasteiger partial charge >= 0.3 is 0 Å². The van der Waals surface area contributed by atoms with Crippen molar-refractivity contribution in [3.8, 4) is 5.75 Å². The highest BCUT2D eigenvalue weighted by atomic mass is 19.1. The molecule has 1 aliphatic heterocycles. The van der Waals surface area contributed by atoms with Crippen LogP contribution in [0.5, 0.6) is 5.75 Å². The number of methoxy groups -OCH3 is 1. The Labute approximate surface area is 128 Å². The number of nitrogens with zero attached hydrogens (tertiary/aromatic N) is 3. The number of benzene rings is 1. The summed E-state index contributed by atoms with van der Waals surface area (Å²) in [5, 5.41) is 0. The smallest absolute Gasteiger partial charge is 0.220 e. The van der Waals surface area contributed by atoms with Crippen LogP contribution in [0.2, 0.25) is 0 Å². The van der Waals surface area contributed by atoms with Gasteiger partial charge in [-0.3, -0.25) is 4.90 Å². The molecular weight excluding hydrogens is 285 g/mol. The van der Waals surface area contributed by atoms with Gasteiger partial charge in [0.15, 0.2) is 0 Å². The van der Waals surface area contributed by atoms with Crippen molar-refractivity contribution in [3.63, 3.8) is 0 Å². The third-order valence-corrected chi connectivity index (χ3v) is 4.23. The summed E-state index contributed by atoms with van der Waals surface area (Å²) in [6.07, 6.45) is 4.76. The first-order valence-electron chi connectivity index (χ1n) is 7.39. The molecule has 1 fully saturated rings. The third-order valence-electron chi connectivity index (χ3n) is 4.23. The SMILES string of the molecule is COc1ccc(F)cc1N1C(N)=NC(N)=NC12CCCCC2. The predicted molar refractivity (Wildman–Crippen MR) is 84.5 cm³/mol. The lowest BCUT2D eigenvalue weighted by Crippen LogP contribution is -2.58. The molecule has 22 heavy (non-hydrogen) atoms. The van der Waals surface area contributed by atoms with Crippen LogP contribution in [-0.4, -0.2) is 24.7 Å². The number of aliphatic imine (C=N–C) groups is 2. The Morgan fingerprint density at radius 2 is 1.95 bits per heavy atom. The number of anilines is 1. The molecule has 0 atom stereocenters. The lowest BCUT2D eigenvalue weighted by atomic mass is 9.87. The molecule has 118 valence electrons. The quantitative estimate of drug-likeness (QED) is 0.874. The van der Waals surface area contributed by atoms with Crippen LogP contribution in [-0.2, 0) is 0 Å².